The molecule has 0 amide bonds. The first-order valence-electron chi connectivity index (χ1n) is 8.51. The van der Waals surface area contributed by atoms with Gasteiger partial charge in [0.1, 0.15) is 0 Å². The van der Waals surface area contributed by atoms with Crippen LogP contribution in [-0.4, -0.2) is 31.3 Å². The summed E-state index contributed by atoms with van der Waals surface area (Å²) in [6.45, 7) is 2.07. The Bertz CT molecular complexity index is 936. The van der Waals surface area contributed by atoms with Crippen LogP contribution in [0.2, 0.25) is 0 Å². The van der Waals surface area contributed by atoms with Crippen molar-refractivity contribution in [2.45, 2.75) is 25.7 Å². The molecule has 8 heteroatoms. The standard InChI is InChI=1S/C19H17F3N4O/c20-19(21,22)14-6-7-17(23-10-14)26-18(27)15-12-25(9-8-16(15)24-26)11-13-4-2-1-3-5-13/h1-7,10,27H,8-9,11-12H2. The minimum absolute atomic E-state index is 0.0741. The van der Waals surface area contributed by atoms with Crippen LogP contribution in [-0.2, 0) is 25.7 Å². The van der Waals surface area contributed by atoms with Crippen molar-refractivity contribution in [3.8, 4) is 11.7 Å². The summed E-state index contributed by atoms with van der Waals surface area (Å²) in [4.78, 5) is 6.01. The molecule has 3 aromatic rings. The molecule has 0 aliphatic carbocycles. The molecule has 0 atom stereocenters. The summed E-state index contributed by atoms with van der Waals surface area (Å²) >= 11 is 0. The largest absolute Gasteiger partial charge is 0.493 e. The Morgan fingerprint density at radius 1 is 1.07 bits per heavy atom. The van der Waals surface area contributed by atoms with Crippen molar-refractivity contribution in [1.29, 1.82) is 0 Å². The van der Waals surface area contributed by atoms with E-state index in [-0.39, 0.29) is 11.7 Å². The van der Waals surface area contributed by atoms with Crippen molar-refractivity contribution >= 4 is 0 Å². The number of rotatable bonds is 3. The van der Waals surface area contributed by atoms with Crippen LogP contribution in [0.5, 0.6) is 5.88 Å². The lowest BCUT2D eigenvalue weighted by atomic mass is 10.1. The van der Waals surface area contributed by atoms with E-state index in [9.17, 15) is 18.3 Å². The first-order chi connectivity index (χ1) is 12.9. The summed E-state index contributed by atoms with van der Waals surface area (Å²) in [6.07, 6.45) is -3.05. The number of fused-ring (bicyclic) bond motifs is 1. The molecule has 1 N–H and O–H groups in total. The fourth-order valence-electron chi connectivity index (χ4n) is 3.23. The van der Waals surface area contributed by atoms with E-state index in [1.807, 2.05) is 30.3 Å². The molecule has 1 aliphatic rings. The van der Waals surface area contributed by atoms with E-state index in [1.54, 1.807) is 0 Å². The summed E-state index contributed by atoms with van der Waals surface area (Å²) in [5.74, 6) is 0.0829. The smallest absolute Gasteiger partial charge is 0.417 e. The molecule has 0 saturated carbocycles. The Labute approximate surface area is 153 Å². The molecule has 2 aromatic heterocycles. The van der Waals surface area contributed by atoms with Gasteiger partial charge in [-0.05, 0) is 17.7 Å². The number of aromatic hydroxyl groups is 1. The zero-order valence-electron chi connectivity index (χ0n) is 14.3. The number of halogens is 3. The molecule has 0 saturated heterocycles. The average molecular weight is 374 g/mol. The maximum Gasteiger partial charge on any atom is 0.417 e. The van der Waals surface area contributed by atoms with Crippen molar-refractivity contribution < 1.29 is 18.3 Å². The Balaban J connectivity index is 1.57. The molecule has 4 rings (SSSR count). The molecule has 3 heterocycles. The van der Waals surface area contributed by atoms with Gasteiger partial charge in [-0.15, -0.1) is 0 Å². The van der Waals surface area contributed by atoms with Gasteiger partial charge in [0.25, 0.3) is 0 Å². The van der Waals surface area contributed by atoms with Crippen molar-refractivity contribution in [3.05, 3.63) is 71.0 Å². The highest BCUT2D eigenvalue weighted by atomic mass is 19.4. The van der Waals surface area contributed by atoms with Gasteiger partial charge < -0.3 is 5.11 Å². The maximum atomic E-state index is 12.7. The lowest BCUT2D eigenvalue weighted by Crippen LogP contribution is -2.29. The number of hydrogen-bond donors (Lipinski definition) is 1. The highest BCUT2D eigenvalue weighted by Gasteiger charge is 2.31. The van der Waals surface area contributed by atoms with Gasteiger partial charge in [-0.25, -0.2) is 4.98 Å². The molecule has 1 aromatic carbocycles. The molecular weight excluding hydrogens is 357 g/mol. The van der Waals surface area contributed by atoms with Crippen molar-refractivity contribution in [3.63, 3.8) is 0 Å². The van der Waals surface area contributed by atoms with Crippen LogP contribution in [0.25, 0.3) is 5.82 Å². The van der Waals surface area contributed by atoms with E-state index in [1.165, 1.54) is 16.3 Å². The van der Waals surface area contributed by atoms with Gasteiger partial charge in [0, 0.05) is 32.3 Å². The molecule has 0 spiro atoms. The Morgan fingerprint density at radius 2 is 1.85 bits per heavy atom. The van der Waals surface area contributed by atoms with Gasteiger partial charge in [-0.3, -0.25) is 4.90 Å². The third-order valence-corrected chi connectivity index (χ3v) is 4.63. The van der Waals surface area contributed by atoms with E-state index >= 15 is 0 Å². The average Bonchev–Trinajstić information content (AvgIpc) is 2.98. The summed E-state index contributed by atoms with van der Waals surface area (Å²) in [5.41, 5.74) is 1.78. The third kappa shape index (κ3) is 3.52. The second kappa shape index (κ2) is 6.70. The monoisotopic (exact) mass is 374 g/mol. The van der Waals surface area contributed by atoms with Crippen molar-refractivity contribution in [1.82, 2.24) is 19.7 Å². The predicted molar refractivity (Wildman–Crippen MR) is 92.3 cm³/mol. The van der Waals surface area contributed by atoms with Crippen molar-refractivity contribution in [2.24, 2.45) is 0 Å². The zero-order valence-corrected chi connectivity index (χ0v) is 14.3. The summed E-state index contributed by atoms with van der Waals surface area (Å²) in [6, 6.07) is 12.2. The van der Waals surface area contributed by atoms with Crippen LogP contribution >= 0.6 is 0 Å². The van der Waals surface area contributed by atoms with E-state index in [0.717, 1.165) is 31.0 Å². The van der Waals surface area contributed by atoms with Crippen LogP contribution in [0.3, 0.4) is 0 Å². The summed E-state index contributed by atoms with van der Waals surface area (Å²) in [7, 11) is 0. The second-order valence-corrected chi connectivity index (χ2v) is 6.51. The number of aromatic nitrogens is 3. The van der Waals surface area contributed by atoms with E-state index in [4.69, 9.17) is 0 Å². The summed E-state index contributed by atoms with van der Waals surface area (Å²) < 4.78 is 39.3. The number of alkyl halides is 3. The highest BCUT2D eigenvalue weighted by Crippen LogP contribution is 2.32. The molecule has 0 fully saturated rings. The van der Waals surface area contributed by atoms with Gasteiger partial charge in [0.15, 0.2) is 5.82 Å². The highest BCUT2D eigenvalue weighted by molar-refractivity contribution is 5.39. The third-order valence-electron chi connectivity index (χ3n) is 4.63. The Morgan fingerprint density at radius 3 is 2.52 bits per heavy atom. The second-order valence-electron chi connectivity index (χ2n) is 6.51. The lowest BCUT2D eigenvalue weighted by Gasteiger charge is -2.26. The van der Waals surface area contributed by atoms with Gasteiger partial charge in [-0.1, -0.05) is 30.3 Å². The lowest BCUT2D eigenvalue weighted by molar-refractivity contribution is -0.137. The van der Waals surface area contributed by atoms with Crippen molar-refractivity contribution in [2.75, 3.05) is 6.54 Å². The maximum absolute atomic E-state index is 12.7. The van der Waals surface area contributed by atoms with Crippen LogP contribution in [0.1, 0.15) is 22.4 Å². The van der Waals surface area contributed by atoms with E-state index in [2.05, 4.69) is 15.0 Å². The molecule has 5 nitrogen and oxygen atoms in total. The van der Waals surface area contributed by atoms with E-state index in [0.29, 0.717) is 18.5 Å². The van der Waals surface area contributed by atoms with Gasteiger partial charge in [-0.2, -0.15) is 23.0 Å². The van der Waals surface area contributed by atoms with E-state index < -0.39 is 11.7 Å². The number of nitrogens with zero attached hydrogens (tertiary/aromatic N) is 4. The zero-order chi connectivity index (χ0) is 19.0. The fraction of sp³-hybridized carbons (Fsp3) is 0.263. The molecular formula is C19H17F3N4O. The van der Waals surface area contributed by atoms with Gasteiger partial charge >= 0.3 is 6.18 Å². The minimum Gasteiger partial charge on any atom is -0.493 e. The molecule has 0 bridgehead atoms. The van der Waals surface area contributed by atoms with Gasteiger partial charge in [0.2, 0.25) is 5.88 Å². The van der Waals surface area contributed by atoms with Crippen LogP contribution in [0, 0.1) is 0 Å². The number of hydrogen-bond acceptors (Lipinski definition) is 4. The van der Waals surface area contributed by atoms with Crippen LogP contribution in [0.4, 0.5) is 13.2 Å². The van der Waals surface area contributed by atoms with Crippen LogP contribution < -0.4 is 0 Å². The predicted octanol–water partition coefficient (Wildman–Crippen LogP) is 3.55. The number of benzene rings is 1. The molecule has 27 heavy (non-hydrogen) atoms. The first-order valence-corrected chi connectivity index (χ1v) is 8.51. The molecule has 0 unspecified atom stereocenters. The Hall–Kier alpha value is -2.87. The van der Waals surface area contributed by atoms with Crippen LogP contribution in [0.15, 0.2) is 48.7 Å². The fourth-order valence-corrected chi connectivity index (χ4v) is 3.23. The first kappa shape index (κ1) is 17.5. The topological polar surface area (TPSA) is 54.2 Å². The minimum atomic E-state index is -4.45. The summed E-state index contributed by atoms with van der Waals surface area (Å²) in [5, 5.41) is 14.9. The Kier molecular flexibility index (Phi) is 4.35. The molecule has 140 valence electrons. The van der Waals surface area contributed by atoms with Gasteiger partial charge in [0.05, 0.1) is 16.8 Å². The quantitative estimate of drug-likeness (QED) is 0.762. The molecule has 0 radical (unpaired) electrons. The SMILES string of the molecule is Oc1c2c(nn1-c1ccc(C(F)(F)F)cn1)CCN(Cc1ccccc1)C2. The number of pyridine rings is 1. The normalized spacial score (nSPS) is 14.9. The molecule has 1 aliphatic heterocycles.